The first-order valence-corrected chi connectivity index (χ1v) is 17.5. The molecule has 6 aromatic rings. The van der Waals surface area contributed by atoms with Crippen LogP contribution in [-0.4, -0.2) is 29.9 Å². The number of fused-ring (bicyclic) bond motifs is 2. The van der Waals surface area contributed by atoms with E-state index in [9.17, 15) is 9.59 Å². The number of hydrogen-bond donors (Lipinski definition) is 2. The lowest BCUT2D eigenvalue weighted by molar-refractivity contribution is -0.118. The average molecular weight is 707 g/mol. The zero-order chi connectivity index (χ0) is 37.7. The number of anilines is 2. The highest BCUT2D eigenvalue weighted by Gasteiger charge is 2.21. The highest BCUT2D eigenvalue weighted by atomic mass is 35.5. The molecule has 0 spiro atoms. The van der Waals surface area contributed by atoms with E-state index in [0.717, 1.165) is 45.2 Å². The van der Waals surface area contributed by atoms with Crippen LogP contribution in [0, 0.1) is 38.5 Å². The van der Waals surface area contributed by atoms with Crippen molar-refractivity contribution in [1.82, 2.24) is 18.8 Å². The van der Waals surface area contributed by atoms with Crippen LogP contribution in [-0.2, 0) is 9.59 Å². The van der Waals surface area contributed by atoms with Crippen LogP contribution in [0.15, 0.2) is 84.9 Å². The maximum atomic E-state index is 12.5. The van der Waals surface area contributed by atoms with Gasteiger partial charge in [0.2, 0.25) is 11.1 Å². The van der Waals surface area contributed by atoms with Crippen molar-refractivity contribution in [3.05, 3.63) is 107 Å². The smallest absolute Gasteiger partial charge is 0.226 e. The van der Waals surface area contributed by atoms with Crippen molar-refractivity contribution < 1.29 is 9.59 Å². The monoisotopic (exact) mass is 706 g/mol. The lowest BCUT2D eigenvalue weighted by Crippen LogP contribution is -2.20. The SMILES string of the molecule is CC(C)(C)CC(=O)Cl.Cc1cccc(-c2c(N)nc3cccc(C)n23)c1.Cc1cccc(-c2c(NC(=O)CC(C)(C)C)nc3cccc(C)n23)c1. The third-order valence-electron chi connectivity index (χ3n) is 7.91. The van der Waals surface area contributed by atoms with Gasteiger partial charge in [0.1, 0.15) is 11.3 Å². The van der Waals surface area contributed by atoms with E-state index in [0.29, 0.717) is 24.5 Å². The second-order valence-electron chi connectivity index (χ2n) is 15.5. The van der Waals surface area contributed by atoms with Crippen LogP contribution >= 0.6 is 11.6 Å². The number of nitrogens with zero attached hydrogens (tertiary/aromatic N) is 4. The minimum atomic E-state index is -0.252. The Labute approximate surface area is 307 Å². The number of aromatic nitrogens is 4. The molecule has 0 radical (unpaired) electrons. The minimum absolute atomic E-state index is 0.0116. The molecular weight excluding hydrogens is 656 g/mol. The van der Waals surface area contributed by atoms with Gasteiger partial charge in [-0.05, 0) is 86.5 Å². The fraction of sp³-hybridized carbons (Fsp3) is 0.333. The van der Waals surface area contributed by atoms with Crippen LogP contribution in [0.3, 0.4) is 0 Å². The highest BCUT2D eigenvalue weighted by molar-refractivity contribution is 6.63. The number of amides is 1. The van der Waals surface area contributed by atoms with E-state index in [1.807, 2.05) is 57.2 Å². The van der Waals surface area contributed by atoms with E-state index in [1.165, 1.54) is 11.1 Å². The number of pyridine rings is 2. The fourth-order valence-corrected chi connectivity index (χ4v) is 6.22. The molecule has 0 saturated heterocycles. The second-order valence-corrected chi connectivity index (χ2v) is 15.9. The number of benzene rings is 2. The third kappa shape index (κ3) is 10.5. The first-order valence-electron chi connectivity index (χ1n) is 17.2. The third-order valence-corrected chi connectivity index (χ3v) is 8.04. The molecule has 0 aliphatic heterocycles. The van der Waals surface area contributed by atoms with Crippen LogP contribution in [0.4, 0.5) is 11.6 Å². The van der Waals surface area contributed by atoms with Gasteiger partial charge in [0.05, 0.1) is 11.4 Å². The van der Waals surface area contributed by atoms with Crippen LogP contribution in [0.25, 0.3) is 33.8 Å². The van der Waals surface area contributed by atoms with Gasteiger partial charge in [-0.3, -0.25) is 18.4 Å². The van der Waals surface area contributed by atoms with Crippen LogP contribution < -0.4 is 11.1 Å². The van der Waals surface area contributed by atoms with Crippen molar-refractivity contribution in [2.45, 2.75) is 82.1 Å². The molecule has 0 aliphatic carbocycles. The summed E-state index contributed by atoms with van der Waals surface area (Å²) in [5.41, 5.74) is 16.4. The van der Waals surface area contributed by atoms with Gasteiger partial charge < -0.3 is 11.1 Å². The van der Waals surface area contributed by atoms with E-state index in [-0.39, 0.29) is 22.0 Å². The number of hydrogen-bond acceptors (Lipinski definition) is 5. The topological polar surface area (TPSA) is 107 Å². The molecule has 8 nitrogen and oxygen atoms in total. The number of halogens is 1. The molecule has 3 N–H and O–H groups in total. The van der Waals surface area contributed by atoms with Gasteiger partial charge in [-0.25, -0.2) is 9.97 Å². The quantitative estimate of drug-likeness (QED) is 0.174. The summed E-state index contributed by atoms with van der Waals surface area (Å²) in [6, 6.07) is 28.6. The van der Waals surface area contributed by atoms with E-state index in [1.54, 1.807) is 0 Å². The highest BCUT2D eigenvalue weighted by Crippen LogP contribution is 2.32. The summed E-state index contributed by atoms with van der Waals surface area (Å²) in [6.45, 7) is 20.4. The maximum Gasteiger partial charge on any atom is 0.226 e. The van der Waals surface area contributed by atoms with Crippen molar-refractivity contribution in [3.8, 4) is 22.5 Å². The molecule has 2 aromatic carbocycles. The molecular formula is C42H51ClN6O2. The number of nitrogens with one attached hydrogen (secondary N) is 1. The van der Waals surface area contributed by atoms with Crippen LogP contribution in [0.5, 0.6) is 0 Å². The Bertz CT molecular complexity index is 2160. The molecule has 4 aromatic heterocycles. The molecule has 1 amide bonds. The number of carbonyl (C=O) groups is 2. The Morgan fingerprint density at radius 1 is 0.667 bits per heavy atom. The Morgan fingerprint density at radius 3 is 1.57 bits per heavy atom. The Balaban J connectivity index is 0.000000195. The molecule has 0 unspecified atom stereocenters. The molecule has 4 heterocycles. The number of carbonyl (C=O) groups excluding carboxylic acids is 2. The summed E-state index contributed by atoms with van der Waals surface area (Å²) >= 11 is 5.12. The van der Waals surface area contributed by atoms with Gasteiger partial charge in [-0.1, -0.05) is 101 Å². The maximum absolute atomic E-state index is 12.5. The van der Waals surface area contributed by atoms with Gasteiger partial charge in [0.25, 0.3) is 0 Å². The summed E-state index contributed by atoms with van der Waals surface area (Å²) < 4.78 is 4.20. The van der Waals surface area contributed by atoms with Crippen LogP contribution in [0.2, 0.25) is 0 Å². The van der Waals surface area contributed by atoms with E-state index < -0.39 is 0 Å². The van der Waals surface area contributed by atoms with Crippen molar-refractivity contribution in [1.29, 1.82) is 0 Å². The molecule has 268 valence electrons. The van der Waals surface area contributed by atoms with Gasteiger partial charge in [0.15, 0.2) is 11.6 Å². The average Bonchev–Trinajstić information content (AvgIpc) is 3.53. The normalized spacial score (nSPS) is 11.4. The van der Waals surface area contributed by atoms with Crippen molar-refractivity contribution in [3.63, 3.8) is 0 Å². The predicted molar refractivity (Wildman–Crippen MR) is 212 cm³/mol. The van der Waals surface area contributed by atoms with Gasteiger partial charge in [0, 0.05) is 35.4 Å². The Morgan fingerprint density at radius 2 is 1.12 bits per heavy atom. The predicted octanol–water partition coefficient (Wildman–Crippen LogP) is 10.4. The molecule has 51 heavy (non-hydrogen) atoms. The molecule has 0 fully saturated rings. The number of nitrogens with two attached hydrogens (primary N) is 1. The molecule has 0 saturated carbocycles. The first-order chi connectivity index (χ1) is 23.8. The fourth-order valence-electron chi connectivity index (χ4n) is 5.82. The van der Waals surface area contributed by atoms with E-state index >= 15 is 0 Å². The van der Waals surface area contributed by atoms with E-state index in [4.69, 9.17) is 17.3 Å². The summed E-state index contributed by atoms with van der Waals surface area (Å²) in [4.78, 5) is 31.8. The van der Waals surface area contributed by atoms with E-state index in [2.05, 4.69) is 121 Å². The first kappa shape index (κ1) is 38.8. The molecule has 0 atom stereocenters. The zero-order valence-corrected chi connectivity index (χ0v) is 32.3. The molecule has 0 bridgehead atoms. The Hall–Kier alpha value is -4.95. The van der Waals surface area contributed by atoms with Crippen molar-refractivity contribution in [2.75, 3.05) is 11.1 Å². The minimum Gasteiger partial charge on any atom is -0.382 e. The summed E-state index contributed by atoms with van der Waals surface area (Å²) in [6.07, 6.45) is 0.904. The van der Waals surface area contributed by atoms with Gasteiger partial charge in [-0.15, -0.1) is 0 Å². The molecule has 9 heteroatoms. The number of imidazole rings is 2. The number of rotatable bonds is 5. The van der Waals surface area contributed by atoms with Crippen molar-refractivity contribution >= 4 is 45.7 Å². The number of nitrogen functional groups attached to an aromatic ring is 1. The second kappa shape index (κ2) is 15.9. The summed E-state index contributed by atoms with van der Waals surface area (Å²) in [5, 5.41) is 2.78. The summed E-state index contributed by atoms with van der Waals surface area (Å²) in [5.74, 6) is 1.19. The summed E-state index contributed by atoms with van der Waals surface area (Å²) in [7, 11) is 0. The van der Waals surface area contributed by atoms with Crippen molar-refractivity contribution in [2.24, 2.45) is 10.8 Å². The lowest BCUT2D eigenvalue weighted by atomic mass is 9.92. The Kier molecular flexibility index (Phi) is 12.1. The molecule has 0 aliphatic rings. The van der Waals surface area contributed by atoms with Crippen LogP contribution in [0.1, 0.15) is 76.9 Å². The van der Waals surface area contributed by atoms with Gasteiger partial charge in [-0.2, -0.15) is 0 Å². The molecule has 6 rings (SSSR count). The number of aryl methyl sites for hydroxylation is 4. The zero-order valence-electron chi connectivity index (χ0n) is 31.6. The largest absolute Gasteiger partial charge is 0.382 e. The van der Waals surface area contributed by atoms with Gasteiger partial charge >= 0.3 is 0 Å². The lowest BCUT2D eigenvalue weighted by Gasteiger charge is -2.17. The standard InChI is InChI=1S/C21H25N3O.C15H15N3.C6H11ClO/c1-14-8-6-10-16(12-14)19-20(23-18(25)13-21(3,4)5)22-17-11-7-9-15(2)24(17)19;1-10-5-3-7-12(9-10)14-15(16)17-13-8-4-6-11(2)18(13)14;1-6(2,3)4-5(7)8/h6-12H,13H2,1-5H3,(H,23,25);3-9H,16H2,1-2H3;4H2,1-3H3.